The van der Waals surface area contributed by atoms with Gasteiger partial charge >= 0.3 is 0 Å². The summed E-state index contributed by atoms with van der Waals surface area (Å²) in [7, 11) is 0. The number of nitrogens with zero attached hydrogens (tertiary/aromatic N) is 4. The highest BCUT2D eigenvalue weighted by Crippen LogP contribution is 2.36. The molecule has 1 N–H and O–H groups in total. The van der Waals surface area contributed by atoms with Gasteiger partial charge < -0.3 is 4.74 Å². The topological polar surface area (TPSA) is 76.6 Å². The van der Waals surface area contributed by atoms with Crippen LogP contribution in [0.25, 0.3) is 5.57 Å². The Hall–Kier alpha value is -3.28. The second-order valence-corrected chi connectivity index (χ2v) is 8.20. The normalized spacial score (nSPS) is 17.8. The van der Waals surface area contributed by atoms with Gasteiger partial charge in [-0.05, 0) is 54.9 Å². The lowest BCUT2D eigenvalue weighted by Gasteiger charge is -2.21. The summed E-state index contributed by atoms with van der Waals surface area (Å²) >= 11 is 0. The van der Waals surface area contributed by atoms with E-state index < -0.39 is 0 Å². The Bertz CT molecular complexity index is 1100. The summed E-state index contributed by atoms with van der Waals surface area (Å²) in [5, 5.41) is 14.6. The lowest BCUT2D eigenvalue weighted by Crippen LogP contribution is -2.10. The lowest BCUT2D eigenvalue weighted by atomic mass is 9.84. The molecule has 0 radical (unpaired) electrons. The molecule has 1 aromatic carbocycles. The molecule has 0 saturated heterocycles. The van der Waals surface area contributed by atoms with Crippen LogP contribution in [-0.4, -0.2) is 25.6 Å². The van der Waals surface area contributed by atoms with Crippen LogP contribution >= 0.6 is 0 Å². The van der Waals surface area contributed by atoms with Crippen LogP contribution < -0.4 is 4.74 Å². The molecule has 0 amide bonds. The summed E-state index contributed by atoms with van der Waals surface area (Å²) in [5.41, 5.74) is 7.18. The first-order valence-electron chi connectivity index (χ1n) is 11.2. The predicted octanol–water partition coefficient (Wildman–Crippen LogP) is 4.74. The number of hydrogen-bond acceptors (Lipinski definition) is 5. The summed E-state index contributed by atoms with van der Waals surface area (Å²) in [6.07, 6.45) is 12.8. The number of tetrazole rings is 1. The number of aromatic amines is 1. The van der Waals surface area contributed by atoms with E-state index in [0.29, 0.717) is 12.4 Å². The average molecular weight is 414 g/mol. The molecule has 0 aliphatic heterocycles. The number of rotatable bonds is 6. The second-order valence-electron chi connectivity index (χ2n) is 8.20. The van der Waals surface area contributed by atoms with Gasteiger partial charge in [0.15, 0.2) is 0 Å². The van der Waals surface area contributed by atoms with E-state index in [1.807, 2.05) is 0 Å². The number of benzene rings is 1. The van der Waals surface area contributed by atoms with E-state index in [4.69, 9.17) is 9.72 Å². The van der Waals surface area contributed by atoms with Gasteiger partial charge in [-0.3, -0.25) is 4.98 Å². The van der Waals surface area contributed by atoms with Crippen molar-refractivity contribution < 1.29 is 4.74 Å². The molecular weight excluding hydrogens is 386 g/mol. The number of aryl methyl sites for hydroxylation is 2. The van der Waals surface area contributed by atoms with E-state index in [9.17, 15) is 0 Å². The van der Waals surface area contributed by atoms with Gasteiger partial charge in [0.1, 0.15) is 12.4 Å². The predicted molar refractivity (Wildman–Crippen MR) is 120 cm³/mol. The quantitative estimate of drug-likeness (QED) is 0.631. The van der Waals surface area contributed by atoms with E-state index in [-0.39, 0.29) is 5.92 Å². The molecule has 2 heterocycles. The fourth-order valence-electron chi connectivity index (χ4n) is 4.50. The molecule has 2 aromatic heterocycles. The molecule has 2 aliphatic carbocycles. The molecule has 31 heavy (non-hydrogen) atoms. The van der Waals surface area contributed by atoms with Gasteiger partial charge in [0.2, 0.25) is 5.82 Å². The molecule has 1 unspecified atom stereocenters. The van der Waals surface area contributed by atoms with E-state index >= 15 is 0 Å². The minimum Gasteiger partial charge on any atom is -0.488 e. The van der Waals surface area contributed by atoms with Gasteiger partial charge in [-0.2, -0.15) is 5.21 Å². The first-order valence-corrected chi connectivity index (χ1v) is 11.2. The van der Waals surface area contributed by atoms with Crippen molar-refractivity contribution in [2.45, 2.75) is 58.0 Å². The molecule has 5 rings (SSSR count). The second kappa shape index (κ2) is 8.84. The summed E-state index contributed by atoms with van der Waals surface area (Å²) in [6.45, 7) is 2.72. The van der Waals surface area contributed by atoms with Crippen LogP contribution in [0.4, 0.5) is 0 Å². The molecular formula is C25H27N5O. The number of hydrogen-bond donors (Lipinski definition) is 1. The van der Waals surface area contributed by atoms with Crippen LogP contribution in [0.5, 0.6) is 5.75 Å². The van der Waals surface area contributed by atoms with Crippen LogP contribution in [-0.2, 0) is 25.9 Å². The number of ether oxygens (including phenoxy) is 1. The maximum atomic E-state index is 6.30. The molecule has 6 heteroatoms. The summed E-state index contributed by atoms with van der Waals surface area (Å²) in [4.78, 5) is 4.83. The number of fused-ring (bicyclic) bond motifs is 1. The van der Waals surface area contributed by atoms with Crippen molar-refractivity contribution in [1.29, 1.82) is 0 Å². The van der Waals surface area contributed by atoms with Gasteiger partial charge in [-0.25, -0.2) is 0 Å². The van der Waals surface area contributed by atoms with Crippen LogP contribution in [0, 0.1) is 0 Å². The van der Waals surface area contributed by atoms with Crippen LogP contribution in [0.15, 0.2) is 48.6 Å². The summed E-state index contributed by atoms with van der Waals surface area (Å²) < 4.78 is 6.30. The Kier molecular flexibility index (Phi) is 5.61. The Morgan fingerprint density at radius 2 is 2.00 bits per heavy atom. The zero-order chi connectivity index (χ0) is 21.0. The minimum atomic E-state index is 0.233. The zero-order valence-corrected chi connectivity index (χ0v) is 17.8. The van der Waals surface area contributed by atoms with Crippen molar-refractivity contribution >= 4 is 5.57 Å². The minimum absolute atomic E-state index is 0.233. The SMILES string of the molecule is CCc1cc(OCc2ccc(C3CC=CC=C3c3nn[nH]n3)cc2)c2c(n1)CCCC2. The maximum absolute atomic E-state index is 6.30. The highest BCUT2D eigenvalue weighted by Gasteiger charge is 2.22. The Morgan fingerprint density at radius 1 is 1.13 bits per heavy atom. The molecule has 0 spiro atoms. The van der Waals surface area contributed by atoms with Crippen molar-refractivity contribution in [3.8, 4) is 5.75 Å². The Labute approximate surface area is 182 Å². The molecule has 1 atom stereocenters. The van der Waals surface area contributed by atoms with Gasteiger partial charge in [-0.15, -0.1) is 10.2 Å². The Balaban J connectivity index is 1.32. The molecule has 0 fully saturated rings. The number of H-pyrrole nitrogens is 1. The summed E-state index contributed by atoms with van der Waals surface area (Å²) in [5.74, 6) is 1.92. The van der Waals surface area contributed by atoms with Crippen molar-refractivity contribution in [3.63, 3.8) is 0 Å². The van der Waals surface area contributed by atoms with E-state index in [1.165, 1.54) is 35.2 Å². The molecule has 158 valence electrons. The highest BCUT2D eigenvalue weighted by molar-refractivity contribution is 5.69. The van der Waals surface area contributed by atoms with Gasteiger partial charge in [0.05, 0.1) is 0 Å². The summed E-state index contributed by atoms with van der Waals surface area (Å²) in [6, 6.07) is 10.8. The number of aromatic nitrogens is 5. The first kappa shape index (κ1) is 19.7. The third kappa shape index (κ3) is 4.15. The Morgan fingerprint density at radius 3 is 2.81 bits per heavy atom. The van der Waals surface area contributed by atoms with Crippen LogP contribution in [0.3, 0.4) is 0 Å². The smallest absolute Gasteiger partial charge is 0.201 e. The van der Waals surface area contributed by atoms with Gasteiger partial charge in [0, 0.05) is 34.5 Å². The third-order valence-corrected chi connectivity index (χ3v) is 6.21. The molecule has 3 aromatic rings. The molecule has 0 bridgehead atoms. The highest BCUT2D eigenvalue weighted by atomic mass is 16.5. The zero-order valence-electron chi connectivity index (χ0n) is 17.8. The fourth-order valence-corrected chi connectivity index (χ4v) is 4.50. The number of allylic oxidation sites excluding steroid dienone is 4. The standard InChI is InChI=1S/C25H27N5O/c1-2-19-15-24(22-9-5-6-10-23(22)26-19)31-16-17-11-13-18(14-12-17)20-7-3-4-8-21(20)25-27-29-30-28-25/h3-4,8,11-15,20H,2,5-7,9-10,16H2,1H3,(H,27,28,29,30). The van der Waals surface area contributed by atoms with Crippen molar-refractivity contribution in [3.05, 3.63) is 82.5 Å². The molecule has 0 saturated carbocycles. The van der Waals surface area contributed by atoms with E-state index in [0.717, 1.165) is 42.7 Å². The van der Waals surface area contributed by atoms with Crippen LogP contribution in [0.2, 0.25) is 0 Å². The van der Waals surface area contributed by atoms with E-state index in [2.05, 4.69) is 76.1 Å². The first-order chi connectivity index (χ1) is 15.3. The van der Waals surface area contributed by atoms with Crippen molar-refractivity contribution in [2.24, 2.45) is 0 Å². The van der Waals surface area contributed by atoms with Crippen LogP contribution in [0.1, 0.15) is 66.0 Å². The van der Waals surface area contributed by atoms with Gasteiger partial charge in [-0.1, -0.05) is 49.4 Å². The van der Waals surface area contributed by atoms with Crippen molar-refractivity contribution in [2.75, 3.05) is 0 Å². The monoisotopic (exact) mass is 413 g/mol. The molecule has 2 aliphatic rings. The molecule has 6 nitrogen and oxygen atoms in total. The van der Waals surface area contributed by atoms with E-state index in [1.54, 1.807) is 0 Å². The fraction of sp³-hybridized carbons (Fsp3) is 0.360. The maximum Gasteiger partial charge on any atom is 0.201 e. The largest absolute Gasteiger partial charge is 0.488 e. The number of pyridine rings is 1. The number of nitrogens with one attached hydrogen (secondary N) is 1. The average Bonchev–Trinajstić information content (AvgIpc) is 3.37. The van der Waals surface area contributed by atoms with Crippen molar-refractivity contribution in [1.82, 2.24) is 25.6 Å². The lowest BCUT2D eigenvalue weighted by molar-refractivity contribution is 0.300. The van der Waals surface area contributed by atoms with Gasteiger partial charge in [0.25, 0.3) is 0 Å². The third-order valence-electron chi connectivity index (χ3n) is 6.21.